The van der Waals surface area contributed by atoms with E-state index in [1.165, 1.54) is 63.7 Å². The molecule has 4 aromatic heterocycles. The van der Waals surface area contributed by atoms with Crippen LogP contribution >= 0.6 is 111 Å². The van der Waals surface area contributed by atoms with Crippen molar-refractivity contribution in [1.29, 1.82) is 0 Å². The molecule has 0 aliphatic heterocycles. The van der Waals surface area contributed by atoms with Crippen molar-refractivity contribution in [2.75, 3.05) is 13.2 Å². The van der Waals surface area contributed by atoms with E-state index in [1.54, 1.807) is 0 Å². The van der Waals surface area contributed by atoms with Crippen LogP contribution in [0.4, 0.5) is 50.4 Å². The molecule has 18 rings (SSSR count). The van der Waals surface area contributed by atoms with Gasteiger partial charge in [-0.3, -0.25) is 0 Å². The molecule has 0 spiro atoms. The van der Waals surface area contributed by atoms with Crippen LogP contribution in [-0.2, 0) is 38.9 Å². The number of halogens is 16. The molecule has 0 unspecified atom stereocenters. The first-order valence-corrected chi connectivity index (χ1v) is 53.2. The van der Waals surface area contributed by atoms with Crippen LogP contribution in [0.2, 0.25) is 0 Å². The van der Waals surface area contributed by atoms with Gasteiger partial charge in [-0.1, -0.05) is 243 Å². The minimum absolute atomic E-state index is 0. The number of ether oxygens (including phenoxy) is 3. The summed E-state index contributed by atoms with van der Waals surface area (Å²) in [6.07, 6.45) is 0. The third kappa shape index (κ3) is 33.2. The minimum Gasteiger partial charge on any atom is -0.449 e. The fourth-order valence-electron chi connectivity index (χ4n) is 13.7. The normalized spacial score (nSPS) is 12.1. The van der Waals surface area contributed by atoms with E-state index in [2.05, 4.69) is 448 Å². The molecule has 0 aliphatic rings. The van der Waals surface area contributed by atoms with Gasteiger partial charge in [-0.2, -0.15) is 0 Å². The van der Waals surface area contributed by atoms with E-state index in [0.717, 1.165) is 98.2 Å². The van der Waals surface area contributed by atoms with Crippen molar-refractivity contribution in [3.8, 4) is 23.0 Å². The van der Waals surface area contributed by atoms with Gasteiger partial charge in [0.05, 0.1) is 22.1 Å². The molecule has 14 aromatic carbocycles. The Morgan fingerprint density at radius 3 is 0.496 bits per heavy atom. The zero-order valence-electron chi connectivity index (χ0n) is 69.2. The summed E-state index contributed by atoms with van der Waals surface area (Å²) in [7, 11) is -26.4. The molecule has 0 atom stereocenters. The molecule has 0 fully saturated rings. The molecule has 0 N–H and O–H groups in total. The zero-order valence-corrected chi connectivity index (χ0v) is 83.2. The summed E-state index contributed by atoms with van der Waals surface area (Å²) in [5, 5.41) is 20.2. The second-order valence-corrected chi connectivity index (χ2v) is 45.1. The molecule has 0 saturated carbocycles. The number of benzene rings is 14. The molecule has 18 aromatic rings. The number of nitrogens with zero attached hydrogens (tertiary/aromatic N) is 4. The molecule has 680 valence electrons. The van der Waals surface area contributed by atoms with Gasteiger partial charge in [0.25, 0.3) is 0 Å². The van der Waals surface area contributed by atoms with Crippen molar-refractivity contribution < 1.29 is 98.7 Å². The SMILES string of the molecule is Brc1ccc2ccc3ccc(Br)nc3c2n1.Brc1ccc2ccc3ccc(Br)nc3c2n1.CCOCC.F[P-](F)(F)(F)(F)F.F[P-](F)(F)(F)(F)F.[Cu+].[Cu+].c1ccc([PH+](c2ccccc2)c2ccccc2Oc2ccccc2[PH+](c2ccccc2)c2ccccc2)cc1.c1ccc([PH+](c2ccccc2)c2ccccc2Oc2ccccc2[PH+](c2ccccc2)c2ccccc2)cc1. The Bertz CT molecular complexity index is 5780. The Labute approximate surface area is 810 Å². The maximum Gasteiger partial charge on any atom is 1.00 e. The van der Waals surface area contributed by atoms with Crippen molar-refractivity contribution in [2.24, 2.45) is 0 Å². The molecule has 4 heterocycles. The molecular formula is C100H82Br4Cu2F12N4O3P6+4. The van der Waals surface area contributed by atoms with Gasteiger partial charge in [-0.25, -0.2) is 19.9 Å². The van der Waals surface area contributed by atoms with Gasteiger partial charge in [0.15, 0.2) is 23.0 Å². The van der Waals surface area contributed by atoms with Crippen molar-refractivity contribution in [2.45, 2.75) is 13.8 Å². The standard InChI is InChI=1S/2C36H28OP2.2C12H6Br2N2.C4H10O.2Cu.2F6P/c2*1-5-17-29(18-6-1)38(30-19-7-2-8-20-30)35-27-15-13-25-33(35)37-34-26-14-16-28-36(34)39(31-21-9-3-10-22-31)32-23-11-4-12-24-32;2*13-9-5-3-7-1-2-8-4-6-10(14)16-12(8)11(7)15-9;1-3-5-4-2;;;2*1-7(2,3,4,5)6/h2*1-28H;2*1-6H;3-4H2,1-2H3;;;;/q;;;;;2*+1;2*-1/p+4. The van der Waals surface area contributed by atoms with Crippen LogP contribution in [0.5, 0.6) is 23.0 Å². The molecule has 31 heteroatoms. The summed E-state index contributed by atoms with van der Waals surface area (Å²) >= 11 is 13.5. The Morgan fingerprint density at radius 1 is 0.214 bits per heavy atom. The van der Waals surface area contributed by atoms with Crippen LogP contribution in [0.15, 0.2) is 431 Å². The number of para-hydroxylation sites is 4. The molecule has 0 bridgehead atoms. The van der Waals surface area contributed by atoms with Gasteiger partial charge in [-0.15, -0.1) is 0 Å². The van der Waals surface area contributed by atoms with Crippen LogP contribution < -0.4 is 73.1 Å². The molecule has 0 amide bonds. The summed E-state index contributed by atoms with van der Waals surface area (Å²) < 4.78 is 140. The van der Waals surface area contributed by atoms with Gasteiger partial charge in [0.2, 0.25) is 0 Å². The first-order chi connectivity index (χ1) is 61.6. The average Bonchev–Trinajstić information content (AvgIpc) is 0.778. The predicted octanol–water partition coefficient (Wildman–Crippen LogP) is 29.3. The van der Waals surface area contributed by atoms with Crippen LogP contribution in [0.1, 0.15) is 13.8 Å². The maximum atomic E-state index is 9.87. The van der Waals surface area contributed by atoms with E-state index in [0.29, 0.717) is 0 Å². The number of rotatable bonds is 18. The number of hydrogen-bond donors (Lipinski definition) is 0. The fourth-order valence-corrected chi connectivity index (χ4v) is 25.5. The van der Waals surface area contributed by atoms with Gasteiger partial charge >= 0.3 is 100 Å². The maximum absolute atomic E-state index is 10.7. The van der Waals surface area contributed by atoms with Crippen LogP contribution in [0.3, 0.4) is 0 Å². The molecule has 0 radical (unpaired) electrons. The average molecular weight is 2250 g/mol. The molecular weight excluding hydrogens is 2170 g/mol. The smallest absolute Gasteiger partial charge is 0.449 e. The van der Waals surface area contributed by atoms with Crippen LogP contribution in [0.25, 0.3) is 43.6 Å². The number of aromatic nitrogens is 4. The van der Waals surface area contributed by atoms with Gasteiger partial charge < -0.3 is 14.2 Å². The summed E-state index contributed by atoms with van der Waals surface area (Å²) in [6, 6.07) is 145. The monoisotopic (exact) mass is 2240 g/mol. The fraction of sp³-hybridized carbons (Fsp3) is 0.0400. The van der Waals surface area contributed by atoms with Crippen LogP contribution in [0, 0.1) is 0 Å². The van der Waals surface area contributed by atoms with Gasteiger partial charge in [0, 0.05) is 34.8 Å². The second kappa shape index (κ2) is 46.3. The molecule has 131 heavy (non-hydrogen) atoms. The van der Waals surface area contributed by atoms with E-state index in [9.17, 15) is 50.4 Å². The third-order valence-electron chi connectivity index (χ3n) is 18.9. The van der Waals surface area contributed by atoms with Crippen molar-refractivity contribution in [1.82, 2.24) is 19.9 Å². The summed E-state index contributed by atoms with van der Waals surface area (Å²) in [4.78, 5) is 17.9. The summed E-state index contributed by atoms with van der Waals surface area (Å²) in [5.74, 6) is 3.70. The van der Waals surface area contributed by atoms with Crippen molar-refractivity contribution in [3.05, 3.63) is 431 Å². The van der Waals surface area contributed by atoms with E-state index in [-0.39, 0.29) is 34.1 Å². The molecule has 0 saturated heterocycles. The number of hydrogen-bond acceptors (Lipinski definition) is 7. The van der Waals surface area contributed by atoms with E-state index in [4.69, 9.17) is 14.2 Å². The largest absolute Gasteiger partial charge is 1.00 e. The van der Waals surface area contributed by atoms with Gasteiger partial charge in [-0.05, 0) is 247 Å². The van der Waals surface area contributed by atoms with E-state index >= 15 is 0 Å². The first kappa shape index (κ1) is 104. The first-order valence-electron chi connectivity index (χ1n) is 39.9. The Kier molecular flexibility index (Phi) is 36.8. The summed E-state index contributed by atoms with van der Waals surface area (Å²) in [6.45, 7) is 5.67. The third-order valence-corrected chi connectivity index (χ3v) is 31.7. The quantitative estimate of drug-likeness (QED) is 0.0278. The number of pyridine rings is 4. The van der Waals surface area contributed by atoms with E-state index in [1.807, 2.05) is 62.4 Å². The topological polar surface area (TPSA) is 79.3 Å². The van der Waals surface area contributed by atoms with E-state index < -0.39 is 47.3 Å². The minimum atomic E-state index is -10.7. The molecule has 7 nitrogen and oxygen atoms in total. The zero-order chi connectivity index (χ0) is 91.7. The van der Waals surface area contributed by atoms with Gasteiger partial charge in [0.1, 0.15) is 114 Å². The van der Waals surface area contributed by atoms with Crippen LogP contribution in [-0.4, -0.2) is 33.1 Å². The number of fused-ring (bicyclic) bond motifs is 6. The Balaban J connectivity index is 0.000000178. The Hall–Kier alpha value is -9.02. The Morgan fingerprint density at radius 2 is 0.351 bits per heavy atom. The molecule has 0 aliphatic carbocycles. The predicted molar refractivity (Wildman–Crippen MR) is 541 cm³/mol. The second-order valence-electron chi connectivity index (χ2n) is 28.3. The summed E-state index contributed by atoms with van der Waals surface area (Å²) in [5.41, 5.74) is 3.70. The van der Waals surface area contributed by atoms with Crippen molar-refractivity contribution in [3.63, 3.8) is 0 Å². The van der Waals surface area contributed by atoms with Crippen molar-refractivity contribution >= 4 is 218 Å².